The van der Waals surface area contributed by atoms with E-state index in [0.29, 0.717) is 6.42 Å². The Labute approximate surface area is 196 Å². The third-order valence-corrected chi connectivity index (χ3v) is 5.94. The number of fused-ring (bicyclic) bond motifs is 3. The monoisotopic (exact) mass is 462 g/mol. The van der Waals surface area contributed by atoms with Crippen LogP contribution in [0.15, 0.2) is 54.7 Å². The smallest absolute Gasteiger partial charge is 0.407 e. The van der Waals surface area contributed by atoms with Crippen LogP contribution >= 0.6 is 0 Å². The zero-order valence-corrected chi connectivity index (χ0v) is 18.9. The largest absolute Gasteiger partial charge is 0.477 e. The van der Waals surface area contributed by atoms with Gasteiger partial charge in [-0.05, 0) is 28.7 Å². The van der Waals surface area contributed by atoms with Gasteiger partial charge in [-0.1, -0.05) is 55.5 Å². The van der Waals surface area contributed by atoms with Crippen molar-refractivity contribution in [2.24, 2.45) is 13.0 Å². The van der Waals surface area contributed by atoms with E-state index in [2.05, 4.69) is 40.0 Å². The average molecular weight is 463 g/mol. The number of hydrogen-bond donors (Lipinski definition) is 3. The van der Waals surface area contributed by atoms with Crippen molar-refractivity contribution in [1.82, 2.24) is 15.1 Å². The lowest BCUT2D eigenvalue weighted by Gasteiger charge is -2.15. The summed E-state index contributed by atoms with van der Waals surface area (Å²) < 4.78 is 6.82. The Bertz CT molecular complexity index is 1190. The fraction of sp³-hybridized carbons (Fsp3) is 0.280. The molecule has 9 heteroatoms. The first-order valence-electron chi connectivity index (χ1n) is 11.0. The molecular formula is C25H26N4O5. The highest BCUT2D eigenvalue weighted by atomic mass is 16.5. The van der Waals surface area contributed by atoms with E-state index in [1.165, 1.54) is 10.9 Å². The number of carbonyl (C=O) groups excluding carboxylic acids is 2. The number of anilines is 1. The topological polar surface area (TPSA) is 123 Å². The first kappa shape index (κ1) is 23.0. The van der Waals surface area contributed by atoms with Crippen LogP contribution in [0.2, 0.25) is 0 Å². The second-order valence-electron chi connectivity index (χ2n) is 8.30. The highest BCUT2D eigenvalue weighted by molar-refractivity contribution is 5.99. The van der Waals surface area contributed by atoms with Gasteiger partial charge in [-0.3, -0.25) is 9.48 Å². The van der Waals surface area contributed by atoms with Crippen LogP contribution in [0.4, 0.5) is 10.6 Å². The second kappa shape index (κ2) is 9.78. The van der Waals surface area contributed by atoms with Crippen molar-refractivity contribution in [2.75, 3.05) is 18.5 Å². The molecule has 0 spiro atoms. The van der Waals surface area contributed by atoms with Crippen LogP contribution in [0, 0.1) is 5.92 Å². The van der Waals surface area contributed by atoms with Crippen molar-refractivity contribution in [2.45, 2.75) is 19.3 Å². The van der Waals surface area contributed by atoms with E-state index >= 15 is 0 Å². The van der Waals surface area contributed by atoms with Crippen LogP contribution < -0.4 is 10.6 Å². The molecule has 2 amide bonds. The Kier molecular flexibility index (Phi) is 6.62. The molecule has 1 atom stereocenters. The van der Waals surface area contributed by atoms with E-state index < -0.39 is 18.0 Å². The van der Waals surface area contributed by atoms with Gasteiger partial charge in [-0.25, -0.2) is 9.59 Å². The van der Waals surface area contributed by atoms with Crippen LogP contribution in [-0.4, -0.2) is 46.0 Å². The molecule has 1 aliphatic rings. The lowest BCUT2D eigenvalue weighted by Crippen LogP contribution is -2.30. The molecule has 1 aliphatic carbocycles. The van der Waals surface area contributed by atoms with Crippen LogP contribution in [0.25, 0.3) is 11.1 Å². The van der Waals surface area contributed by atoms with Crippen molar-refractivity contribution in [3.05, 3.63) is 71.4 Å². The standard InChI is InChI=1S/C25H26N4O5/c1-15(23(30)27-22-20(24(31)32)13-29(2)28-22)11-12-26-25(33)34-14-21-18-9-5-3-7-16(18)17-8-4-6-10-19(17)21/h3-10,13,15,21H,11-12,14H2,1-2H3,(H,26,33)(H,31,32)(H,27,28,30). The second-order valence-corrected chi connectivity index (χ2v) is 8.30. The predicted molar refractivity (Wildman–Crippen MR) is 126 cm³/mol. The highest BCUT2D eigenvalue weighted by Crippen LogP contribution is 2.44. The van der Waals surface area contributed by atoms with Gasteiger partial charge in [-0.2, -0.15) is 5.10 Å². The highest BCUT2D eigenvalue weighted by Gasteiger charge is 2.29. The number of alkyl carbamates (subject to hydrolysis) is 1. The van der Waals surface area contributed by atoms with Gasteiger partial charge in [0.15, 0.2) is 5.82 Å². The first-order valence-corrected chi connectivity index (χ1v) is 11.0. The Balaban J connectivity index is 1.26. The van der Waals surface area contributed by atoms with E-state index in [9.17, 15) is 19.5 Å². The molecule has 0 aliphatic heterocycles. The third-order valence-electron chi connectivity index (χ3n) is 5.94. The molecule has 0 radical (unpaired) electrons. The summed E-state index contributed by atoms with van der Waals surface area (Å²) in [7, 11) is 1.57. The van der Waals surface area contributed by atoms with Gasteiger partial charge >= 0.3 is 12.1 Å². The quantitative estimate of drug-likeness (QED) is 0.470. The maximum absolute atomic E-state index is 12.4. The minimum atomic E-state index is -1.17. The van der Waals surface area contributed by atoms with Crippen LogP contribution in [-0.2, 0) is 16.6 Å². The van der Waals surface area contributed by atoms with Gasteiger partial charge in [0.05, 0.1) is 0 Å². The number of aryl methyl sites for hydroxylation is 1. The number of rotatable bonds is 8. The third kappa shape index (κ3) is 4.78. The average Bonchev–Trinajstić information content (AvgIpc) is 3.35. The number of ether oxygens (including phenoxy) is 1. The lowest BCUT2D eigenvalue weighted by molar-refractivity contribution is -0.119. The molecular weight excluding hydrogens is 436 g/mol. The number of amides is 2. The fourth-order valence-corrected chi connectivity index (χ4v) is 4.15. The number of carbonyl (C=O) groups is 3. The molecule has 0 saturated heterocycles. The van der Waals surface area contributed by atoms with Gasteiger partial charge in [-0.15, -0.1) is 0 Å². The normalized spacial score (nSPS) is 13.0. The van der Waals surface area contributed by atoms with Crippen molar-refractivity contribution in [3.8, 4) is 11.1 Å². The van der Waals surface area contributed by atoms with Crippen molar-refractivity contribution >= 4 is 23.8 Å². The van der Waals surface area contributed by atoms with E-state index in [4.69, 9.17) is 4.74 Å². The molecule has 3 aromatic rings. The lowest BCUT2D eigenvalue weighted by atomic mass is 9.98. The zero-order valence-electron chi connectivity index (χ0n) is 18.9. The number of aromatic nitrogens is 2. The number of hydrogen-bond acceptors (Lipinski definition) is 5. The molecule has 4 rings (SSSR count). The van der Waals surface area contributed by atoms with E-state index in [1.807, 2.05) is 24.3 Å². The number of nitrogens with one attached hydrogen (secondary N) is 2. The van der Waals surface area contributed by atoms with Gasteiger partial charge in [0.1, 0.15) is 12.2 Å². The summed E-state index contributed by atoms with van der Waals surface area (Å²) in [5, 5.41) is 18.4. The van der Waals surface area contributed by atoms with Crippen molar-refractivity contribution < 1.29 is 24.2 Å². The summed E-state index contributed by atoms with van der Waals surface area (Å²) in [6, 6.07) is 16.2. The van der Waals surface area contributed by atoms with Crippen LogP contribution in [0.5, 0.6) is 0 Å². The zero-order chi connectivity index (χ0) is 24.2. The van der Waals surface area contributed by atoms with E-state index in [-0.39, 0.29) is 36.4 Å². The molecule has 0 fully saturated rings. The maximum atomic E-state index is 12.4. The maximum Gasteiger partial charge on any atom is 0.407 e. The van der Waals surface area contributed by atoms with E-state index in [1.54, 1.807) is 14.0 Å². The van der Waals surface area contributed by atoms with Crippen molar-refractivity contribution in [3.63, 3.8) is 0 Å². The summed E-state index contributed by atoms with van der Waals surface area (Å²) >= 11 is 0. The predicted octanol–water partition coefficient (Wildman–Crippen LogP) is 3.62. The van der Waals surface area contributed by atoms with Crippen molar-refractivity contribution in [1.29, 1.82) is 0 Å². The van der Waals surface area contributed by atoms with Crippen LogP contribution in [0.3, 0.4) is 0 Å². The minimum Gasteiger partial charge on any atom is -0.477 e. The SMILES string of the molecule is CC(CCNC(=O)OCC1c2ccccc2-c2ccccc21)C(=O)Nc1nn(C)cc1C(=O)O. The number of carboxylic acids is 1. The molecule has 9 nitrogen and oxygen atoms in total. The molecule has 0 saturated carbocycles. The van der Waals surface area contributed by atoms with Gasteiger partial charge in [0.2, 0.25) is 5.91 Å². The van der Waals surface area contributed by atoms with Gasteiger partial charge in [0.25, 0.3) is 0 Å². The summed E-state index contributed by atoms with van der Waals surface area (Å²) in [6.07, 6.45) is 1.12. The summed E-state index contributed by atoms with van der Waals surface area (Å²) in [5.41, 5.74) is 4.51. The van der Waals surface area contributed by atoms with Crippen LogP contribution in [0.1, 0.15) is 40.7 Å². The minimum absolute atomic E-state index is 0.00338. The molecule has 3 N–H and O–H groups in total. The fourth-order valence-electron chi connectivity index (χ4n) is 4.15. The molecule has 1 unspecified atom stereocenters. The molecule has 1 heterocycles. The number of carboxylic acid groups (broad SMARTS) is 1. The Morgan fingerprint density at radius 3 is 2.32 bits per heavy atom. The van der Waals surface area contributed by atoms with E-state index in [0.717, 1.165) is 22.3 Å². The molecule has 34 heavy (non-hydrogen) atoms. The van der Waals surface area contributed by atoms with Gasteiger partial charge in [0, 0.05) is 31.6 Å². The molecule has 2 aromatic carbocycles. The molecule has 1 aromatic heterocycles. The summed E-state index contributed by atoms with van der Waals surface area (Å²) in [4.78, 5) is 35.9. The Morgan fingerprint density at radius 2 is 1.71 bits per heavy atom. The Morgan fingerprint density at radius 1 is 1.09 bits per heavy atom. The molecule has 0 bridgehead atoms. The number of nitrogens with zero attached hydrogens (tertiary/aromatic N) is 2. The molecule has 176 valence electrons. The van der Waals surface area contributed by atoms with Gasteiger partial charge < -0.3 is 20.5 Å². The number of aromatic carboxylic acids is 1. The number of benzene rings is 2. The first-order chi connectivity index (χ1) is 16.3. The Hall–Kier alpha value is -4.14. The summed E-state index contributed by atoms with van der Waals surface area (Å²) in [6.45, 7) is 2.14. The summed E-state index contributed by atoms with van der Waals surface area (Å²) in [5.74, 6) is -2.05.